The molecule has 2 heteroatoms. The van der Waals surface area contributed by atoms with Crippen LogP contribution in [0.25, 0.3) is 10.8 Å². The molecule has 3 rings (SSSR count). The van der Waals surface area contributed by atoms with Gasteiger partial charge in [0.2, 0.25) is 0 Å². The minimum Gasteiger partial charge on any atom is -0.383 e. The quantitative estimate of drug-likeness (QED) is 0.739. The fraction of sp³-hybridized carbons (Fsp3) is 0.176. The standard InChI is InChI=1S/C17H16OS/c1-2-12-7-9-13(10-8-12)16(18)17-15-6-4-3-5-14(15)11-19-17/h3-11,16,18H,2H2,1H3. The van der Waals surface area contributed by atoms with Gasteiger partial charge >= 0.3 is 0 Å². The van der Waals surface area contributed by atoms with Crippen molar-refractivity contribution < 1.29 is 5.11 Å². The number of hydrogen-bond acceptors (Lipinski definition) is 2. The average Bonchev–Trinajstić information content (AvgIpc) is 2.90. The Hall–Kier alpha value is -1.64. The van der Waals surface area contributed by atoms with Crippen molar-refractivity contribution >= 4 is 22.1 Å². The molecule has 0 aliphatic heterocycles. The van der Waals surface area contributed by atoms with Gasteiger partial charge < -0.3 is 5.11 Å². The summed E-state index contributed by atoms with van der Waals surface area (Å²) >= 11 is 1.63. The number of benzene rings is 2. The SMILES string of the molecule is CCc1ccc(C(O)c2scc3ccccc23)cc1. The first-order valence-electron chi connectivity index (χ1n) is 6.52. The fourth-order valence-corrected chi connectivity index (χ4v) is 3.35. The molecule has 19 heavy (non-hydrogen) atoms. The second kappa shape index (κ2) is 5.16. The Kier molecular flexibility index (Phi) is 3.36. The van der Waals surface area contributed by atoms with Crippen LogP contribution in [0.15, 0.2) is 53.9 Å². The van der Waals surface area contributed by atoms with Crippen molar-refractivity contribution in [3.05, 3.63) is 69.9 Å². The molecular formula is C17H16OS. The second-order valence-electron chi connectivity index (χ2n) is 4.68. The Labute approximate surface area is 117 Å². The van der Waals surface area contributed by atoms with Gasteiger partial charge in [-0.1, -0.05) is 55.5 Å². The third-order valence-corrected chi connectivity index (χ3v) is 4.56. The van der Waals surface area contributed by atoms with E-state index in [-0.39, 0.29) is 0 Å². The molecule has 0 aliphatic carbocycles. The summed E-state index contributed by atoms with van der Waals surface area (Å²) in [7, 11) is 0. The number of fused-ring (bicyclic) bond motifs is 1. The highest BCUT2D eigenvalue weighted by atomic mass is 32.1. The zero-order valence-corrected chi connectivity index (χ0v) is 11.7. The van der Waals surface area contributed by atoms with E-state index in [0.717, 1.165) is 22.2 Å². The molecule has 2 aromatic carbocycles. The van der Waals surface area contributed by atoms with Crippen LogP contribution >= 0.6 is 11.3 Å². The van der Waals surface area contributed by atoms with Crippen LogP contribution in [0.2, 0.25) is 0 Å². The minimum absolute atomic E-state index is 0.532. The summed E-state index contributed by atoms with van der Waals surface area (Å²) in [5.74, 6) is 0. The van der Waals surface area contributed by atoms with E-state index >= 15 is 0 Å². The van der Waals surface area contributed by atoms with Crippen LogP contribution in [0.5, 0.6) is 0 Å². The predicted molar refractivity (Wildman–Crippen MR) is 81.7 cm³/mol. The molecule has 0 aliphatic rings. The molecule has 1 nitrogen and oxygen atoms in total. The monoisotopic (exact) mass is 268 g/mol. The Balaban J connectivity index is 2.00. The van der Waals surface area contributed by atoms with E-state index in [1.54, 1.807) is 11.3 Å². The van der Waals surface area contributed by atoms with Gasteiger partial charge in [0.05, 0.1) is 0 Å². The molecule has 0 radical (unpaired) electrons. The van der Waals surface area contributed by atoms with E-state index in [0.29, 0.717) is 0 Å². The maximum atomic E-state index is 10.6. The zero-order chi connectivity index (χ0) is 13.2. The van der Waals surface area contributed by atoms with E-state index in [4.69, 9.17) is 0 Å². The molecule has 1 aromatic heterocycles. The third kappa shape index (κ3) is 2.29. The van der Waals surface area contributed by atoms with Crippen molar-refractivity contribution in [1.82, 2.24) is 0 Å². The molecule has 0 saturated heterocycles. The van der Waals surface area contributed by atoms with Crippen LogP contribution in [0, 0.1) is 0 Å². The first kappa shape index (κ1) is 12.4. The van der Waals surface area contributed by atoms with Crippen LogP contribution < -0.4 is 0 Å². The highest BCUT2D eigenvalue weighted by Crippen LogP contribution is 2.34. The summed E-state index contributed by atoms with van der Waals surface area (Å²) in [6, 6.07) is 16.4. The van der Waals surface area contributed by atoms with Crippen molar-refractivity contribution in [2.75, 3.05) is 0 Å². The molecule has 1 heterocycles. The summed E-state index contributed by atoms with van der Waals surface area (Å²) in [6.45, 7) is 2.14. The minimum atomic E-state index is -0.532. The van der Waals surface area contributed by atoms with Crippen LogP contribution in [0.1, 0.15) is 29.0 Å². The predicted octanol–water partition coefficient (Wildman–Crippen LogP) is 4.55. The van der Waals surface area contributed by atoms with Crippen molar-refractivity contribution in [2.45, 2.75) is 19.4 Å². The largest absolute Gasteiger partial charge is 0.383 e. The van der Waals surface area contributed by atoms with Crippen molar-refractivity contribution in [3.63, 3.8) is 0 Å². The van der Waals surface area contributed by atoms with Gasteiger partial charge in [0.1, 0.15) is 6.10 Å². The summed E-state index contributed by atoms with van der Waals surface area (Å²) in [5, 5.41) is 15.0. The molecule has 0 spiro atoms. The van der Waals surface area contributed by atoms with Crippen molar-refractivity contribution in [3.8, 4) is 0 Å². The van der Waals surface area contributed by atoms with Crippen molar-refractivity contribution in [1.29, 1.82) is 0 Å². The molecule has 1 N–H and O–H groups in total. The summed E-state index contributed by atoms with van der Waals surface area (Å²) in [4.78, 5) is 1.03. The third-order valence-electron chi connectivity index (χ3n) is 3.49. The maximum absolute atomic E-state index is 10.6. The lowest BCUT2D eigenvalue weighted by Crippen LogP contribution is -1.97. The molecule has 96 valence electrons. The van der Waals surface area contributed by atoms with Gasteiger partial charge in [0.25, 0.3) is 0 Å². The molecular weight excluding hydrogens is 252 g/mol. The molecule has 0 amide bonds. The van der Waals surface area contributed by atoms with Gasteiger partial charge in [-0.25, -0.2) is 0 Å². The highest BCUT2D eigenvalue weighted by Gasteiger charge is 2.15. The normalized spacial score (nSPS) is 12.7. The van der Waals surface area contributed by atoms with Gasteiger partial charge in [-0.05, 0) is 33.7 Å². The number of thiophene rings is 1. The Bertz CT molecular complexity index is 682. The van der Waals surface area contributed by atoms with E-state index in [2.05, 4.69) is 36.6 Å². The van der Waals surface area contributed by atoms with E-state index in [1.807, 2.05) is 24.3 Å². The number of hydrogen-bond donors (Lipinski definition) is 1. The van der Waals surface area contributed by atoms with E-state index < -0.39 is 6.10 Å². The summed E-state index contributed by atoms with van der Waals surface area (Å²) in [5.41, 5.74) is 2.26. The van der Waals surface area contributed by atoms with E-state index in [9.17, 15) is 5.11 Å². The second-order valence-corrected chi connectivity index (χ2v) is 5.60. The molecule has 1 unspecified atom stereocenters. The number of aliphatic hydroxyl groups excluding tert-OH is 1. The Morgan fingerprint density at radius 1 is 1.05 bits per heavy atom. The maximum Gasteiger partial charge on any atom is 0.114 e. The molecule has 3 aromatic rings. The van der Waals surface area contributed by atoms with Gasteiger partial charge in [0.15, 0.2) is 0 Å². The van der Waals surface area contributed by atoms with Crippen LogP contribution in [-0.2, 0) is 6.42 Å². The molecule has 1 atom stereocenters. The van der Waals surface area contributed by atoms with Gasteiger partial charge in [-0.3, -0.25) is 0 Å². The van der Waals surface area contributed by atoms with Crippen LogP contribution in [-0.4, -0.2) is 5.11 Å². The first-order chi connectivity index (χ1) is 9.29. The topological polar surface area (TPSA) is 20.2 Å². The lowest BCUT2D eigenvalue weighted by atomic mass is 10.0. The first-order valence-corrected chi connectivity index (χ1v) is 7.40. The summed E-state index contributed by atoms with van der Waals surface area (Å²) < 4.78 is 0. The smallest absolute Gasteiger partial charge is 0.114 e. The number of rotatable bonds is 3. The summed E-state index contributed by atoms with van der Waals surface area (Å²) in [6.07, 6.45) is 0.494. The van der Waals surface area contributed by atoms with Gasteiger partial charge in [0, 0.05) is 4.88 Å². The zero-order valence-electron chi connectivity index (χ0n) is 10.8. The number of aryl methyl sites for hydroxylation is 1. The number of aliphatic hydroxyl groups is 1. The van der Waals surface area contributed by atoms with Gasteiger partial charge in [-0.2, -0.15) is 0 Å². The Morgan fingerprint density at radius 3 is 2.53 bits per heavy atom. The molecule has 0 fully saturated rings. The average molecular weight is 268 g/mol. The lowest BCUT2D eigenvalue weighted by Gasteiger charge is -2.10. The highest BCUT2D eigenvalue weighted by molar-refractivity contribution is 7.11. The van der Waals surface area contributed by atoms with Crippen LogP contribution in [0.3, 0.4) is 0 Å². The van der Waals surface area contributed by atoms with E-state index in [1.165, 1.54) is 10.9 Å². The molecule has 0 bridgehead atoms. The fourth-order valence-electron chi connectivity index (χ4n) is 2.31. The van der Waals surface area contributed by atoms with Crippen LogP contribution in [0.4, 0.5) is 0 Å². The molecule has 0 saturated carbocycles. The lowest BCUT2D eigenvalue weighted by molar-refractivity contribution is 0.225. The van der Waals surface area contributed by atoms with Crippen molar-refractivity contribution in [2.24, 2.45) is 0 Å². The Morgan fingerprint density at radius 2 is 1.79 bits per heavy atom. The van der Waals surface area contributed by atoms with Gasteiger partial charge in [-0.15, -0.1) is 11.3 Å².